The van der Waals surface area contributed by atoms with E-state index >= 15 is 0 Å². The number of H-pyrrole nitrogens is 2. The lowest BCUT2D eigenvalue weighted by atomic mass is 9.94. The summed E-state index contributed by atoms with van der Waals surface area (Å²) in [6.07, 6.45) is 11.3. The molecule has 204 valence electrons. The molecule has 1 aliphatic rings. The van der Waals surface area contributed by atoms with Crippen molar-refractivity contribution in [2.45, 2.75) is 51.2 Å². The number of hydrogen-bond acceptors (Lipinski definition) is 4. The van der Waals surface area contributed by atoms with Crippen LogP contribution >= 0.6 is 0 Å². The van der Waals surface area contributed by atoms with Gasteiger partial charge in [0.2, 0.25) is 0 Å². The van der Waals surface area contributed by atoms with E-state index < -0.39 is 0 Å². The average molecular weight is 535 g/mol. The van der Waals surface area contributed by atoms with E-state index in [1.807, 2.05) is 36.4 Å². The monoisotopic (exact) mass is 534 g/mol. The highest BCUT2D eigenvalue weighted by molar-refractivity contribution is 6.04. The van der Waals surface area contributed by atoms with Gasteiger partial charge in [0, 0.05) is 35.9 Å². The molecule has 8 nitrogen and oxygen atoms in total. The van der Waals surface area contributed by atoms with Gasteiger partial charge in [-0.05, 0) is 55.3 Å². The summed E-state index contributed by atoms with van der Waals surface area (Å²) in [6, 6.07) is 20.7. The molecule has 1 fully saturated rings. The van der Waals surface area contributed by atoms with Gasteiger partial charge in [-0.1, -0.05) is 55.7 Å². The van der Waals surface area contributed by atoms with Crippen LogP contribution in [0.5, 0.6) is 0 Å². The number of carbonyl (C=O) groups excluding carboxylic acids is 1. The van der Waals surface area contributed by atoms with Crippen LogP contribution in [0.4, 0.5) is 5.69 Å². The van der Waals surface area contributed by atoms with E-state index in [2.05, 4.69) is 50.5 Å². The number of fused-ring (bicyclic) bond motifs is 1. The molecular formula is C32H34N6O2. The number of pyridine rings is 1. The van der Waals surface area contributed by atoms with E-state index in [0.29, 0.717) is 35.1 Å². The number of amides is 1. The maximum absolute atomic E-state index is 12.9. The van der Waals surface area contributed by atoms with E-state index in [9.17, 15) is 9.59 Å². The van der Waals surface area contributed by atoms with Gasteiger partial charge >= 0.3 is 0 Å². The number of hydrogen-bond donors (Lipinski definition) is 3. The Morgan fingerprint density at radius 2 is 1.88 bits per heavy atom. The number of rotatable bonds is 8. The minimum atomic E-state index is -0.291. The van der Waals surface area contributed by atoms with Gasteiger partial charge in [0.25, 0.3) is 11.5 Å². The normalized spacial score (nSPS) is 14.2. The molecule has 1 aliphatic carbocycles. The lowest BCUT2D eigenvalue weighted by Gasteiger charge is -2.31. The van der Waals surface area contributed by atoms with Crippen molar-refractivity contribution in [3.63, 3.8) is 0 Å². The van der Waals surface area contributed by atoms with Crippen molar-refractivity contribution in [2.75, 3.05) is 12.4 Å². The summed E-state index contributed by atoms with van der Waals surface area (Å²) >= 11 is 0. The van der Waals surface area contributed by atoms with Crippen LogP contribution in [0.1, 0.15) is 53.6 Å². The van der Waals surface area contributed by atoms with Crippen LogP contribution in [-0.2, 0) is 13.1 Å². The van der Waals surface area contributed by atoms with Gasteiger partial charge in [-0.25, -0.2) is 0 Å². The van der Waals surface area contributed by atoms with Crippen LogP contribution in [0.15, 0.2) is 84.0 Å². The van der Waals surface area contributed by atoms with E-state index in [1.54, 1.807) is 23.1 Å². The van der Waals surface area contributed by atoms with Gasteiger partial charge in [0.05, 0.1) is 35.2 Å². The summed E-state index contributed by atoms with van der Waals surface area (Å²) in [6.45, 7) is 1.49. The van der Waals surface area contributed by atoms with Crippen molar-refractivity contribution >= 4 is 22.5 Å². The summed E-state index contributed by atoms with van der Waals surface area (Å²) in [5.74, 6) is -0.291. The Bertz CT molecular complexity index is 1680. The van der Waals surface area contributed by atoms with Crippen LogP contribution in [0.25, 0.3) is 22.2 Å². The molecule has 2 aromatic carbocycles. The van der Waals surface area contributed by atoms with Crippen LogP contribution in [0.3, 0.4) is 0 Å². The molecule has 3 N–H and O–H groups in total. The first-order chi connectivity index (χ1) is 19.5. The molecule has 6 rings (SSSR count). The van der Waals surface area contributed by atoms with E-state index in [0.717, 1.165) is 23.0 Å². The topological polar surface area (TPSA) is 98.8 Å². The van der Waals surface area contributed by atoms with Crippen molar-refractivity contribution in [2.24, 2.45) is 0 Å². The minimum Gasteiger partial charge on any atom is -0.354 e. The fourth-order valence-corrected chi connectivity index (χ4v) is 5.66. The van der Waals surface area contributed by atoms with Gasteiger partial charge in [-0.3, -0.25) is 19.2 Å². The molecule has 0 saturated heterocycles. The summed E-state index contributed by atoms with van der Waals surface area (Å²) in [5, 5.41) is 8.27. The SMILES string of the molecule is CN(Cc1ccc2[nH]c(-c3cc(NC(=O)c4cnn(Cc5ccccc5)c4)c[nH]c3=O)cc2c1)C1CCCCC1. The first-order valence-corrected chi connectivity index (χ1v) is 13.9. The highest BCUT2D eigenvalue weighted by atomic mass is 16.1. The predicted octanol–water partition coefficient (Wildman–Crippen LogP) is 5.78. The van der Waals surface area contributed by atoms with Crippen LogP contribution in [-0.4, -0.2) is 43.6 Å². The van der Waals surface area contributed by atoms with Crippen LogP contribution < -0.4 is 10.9 Å². The number of aromatic amines is 2. The largest absolute Gasteiger partial charge is 0.354 e. The maximum Gasteiger partial charge on any atom is 0.258 e. The highest BCUT2D eigenvalue weighted by Crippen LogP contribution is 2.27. The summed E-state index contributed by atoms with van der Waals surface area (Å²) < 4.78 is 1.73. The quantitative estimate of drug-likeness (QED) is 0.235. The number of carbonyl (C=O) groups is 1. The zero-order chi connectivity index (χ0) is 27.5. The Morgan fingerprint density at radius 1 is 1.05 bits per heavy atom. The lowest BCUT2D eigenvalue weighted by Crippen LogP contribution is -2.32. The molecule has 0 spiro atoms. The number of nitrogens with zero attached hydrogens (tertiary/aromatic N) is 3. The third-order valence-corrected chi connectivity index (χ3v) is 7.85. The minimum absolute atomic E-state index is 0.225. The molecule has 40 heavy (non-hydrogen) atoms. The molecule has 0 unspecified atom stereocenters. The molecule has 0 aliphatic heterocycles. The standard InChI is InChI=1S/C32H34N6O2/c1-37(27-10-6-3-7-11-27)19-23-12-13-29-24(14-23)15-30(36-29)28-16-26(18-33-32(28)40)35-31(39)25-17-34-38(21-25)20-22-8-4-2-5-9-22/h2,4-5,8-9,12-18,21,27,36H,3,6-7,10-11,19-20H2,1H3,(H,33,40)(H,35,39). The molecule has 3 aromatic heterocycles. The Balaban J connectivity index is 1.17. The third-order valence-electron chi connectivity index (χ3n) is 7.85. The van der Waals surface area contributed by atoms with E-state index in [4.69, 9.17) is 0 Å². The fraction of sp³-hybridized carbons (Fsp3) is 0.281. The Morgan fingerprint density at radius 3 is 2.70 bits per heavy atom. The number of nitrogens with one attached hydrogen (secondary N) is 3. The Kier molecular flexibility index (Phi) is 7.33. The van der Waals surface area contributed by atoms with Gasteiger partial charge in [0.1, 0.15) is 0 Å². The van der Waals surface area contributed by atoms with Crippen LogP contribution in [0, 0.1) is 0 Å². The van der Waals surface area contributed by atoms with Gasteiger partial charge in [-0.2, -0.15) is 5.10 Å². The molecule has 0 radical (unpaired) electrons. The van der Waals surface area contributed by atoms with Crippen molar-refractivity contribution < 1.29 is 4.79 Å². The Labute approximate surface area is 233 Å². The molecule has 8 heteroatoms. The van der Waals surface area contributed by atoms with Gasteiger partial charge in [-0.15, -0.1) is 0 Å². The smallest absolute Gasteiger partial charge is 0.258 e. The van der Waals surface area contributed by atoms with Crippen molar-refractivity contribution in [1.29, 1.82) is 0 Å². The molecule has 0 bridgehead atoms. The van der Waals surface area contributed by atoms with Crippen LogP contribution in [0.2, 0.25) is 0 Å². The molecule has 1 amide bonds. The first kappa shape index (κ1) is 25.8. The molecule has 5 aromatic rings. The zero-order valence-corrected chi connectivity index (χ0v) is 22.7. The second-order valence-electron chi connectivity index (χ2n) is 10.8. The maximum atomic E-state index is 12.9. The van der Waals surface area contributed by atoms with E-state index in [1.165, 1.54) is 43.9 Å². The van der Waals surface area contributed by atoms with E-state index in [-0.39, 0.29) is 11.5 Å². The average Bonchev–Trinajstić information content (AvgIpc) is 3.62. The Hall–Kier alpha value is -4.43. The zero-order valence-electron chi connectivity index (χ0n) is 22.7. The molecule has 3 heterocycles. The fourth-order valence-electron chi connectivity index (χ4n) is 5.66. The summed E-state index contributed by atoms with van der Waals surface area (Å²) in [5.41, 5.74) is 5.23. The second kappa shape index (κ2) is 11.4. The third kappa shape index (κ3) is 5.77. The van der Waals surface area contributed by atoms with Gasteiger partial charge in [0.15, 0.2) is 0 Å². The number of benzene rings is 2. The second-order valence-corrected chi connectivity index (χ2v) is 10.8. The van der Waals surface area contributed by atoms with Crippen molar-refractivity contribution in [3.05, 3.63) is 106 Å². The molecule has 1 saturated carbocycles. The highest BCUT2D eigenvalue weighted by Gasteiger charge is 2.18. The first-order valence-electron chi connectivity index (χ1n) is 13.9. The lowest BCUT2D eigenvalue weighted by molar-refractivity contribution is 0.102. The summed E-state index contributed by atoms with van der Waals surface area (Å²) in [7, 11) is 2.22. The van der Waals surface area contributed by atoms with Crippen molar-refractivity contribution in [3.8, 4) is 11.3 Å². The molecule has 0 atom stereocenters. The van der Waals surface area contributed by atoms with Gasteiger partial charge < -0.3 is 15.3 Å². The number of anilines is 1. The van der Waals surface area contributed by atoms with Crippen molar-refractivity contribution in [1.82, 2.24) is 24.6 Å². The summed E-state index contributed by atoms with van der Waals surface area (Å²) in [4.78, 5) is 34.3. The predicted molar refractivity (Wildman–Crippen MR) is 158 cm³/mol. The number of aromatic nitrogens is 4. The molecular weight excluding hydrogens is 500 g/mol.